The number of rotatable bonds is 3. The average molecular weight is 264 g/mol. The molecule has 1 aliphatic heterocycles. The van der Waals surface area contributed by atoms with Crippen molar-refractivity contribution in [3.8, 4) is 0 Å². The summed E-state index contributed by atoms with van der Waals surface area (Å²) >= 11 is 0. The number of hydrogen-bond acceptors (Lipinski definition) is 5. The number of allylic oxidation sites excluding steroid dienone is 3. The maximum absolute atomic E-state index is 12.2. The molecule has 0 spiro atoms. The van der Waals surface area contributed by atoms with Gasteiger partial charge in [0.15, 0.2) is 0 Å². The lowest BCUT2D eigenvalue weighted by Gasteiger charge is -2.20. The van der Waals surface area contributed by atoms with Crippen LogP contribution in [0.3, 0.4) is 0 Å². The monoisotopic (exact) mass is 264 g/mol. The Bertz CT molecular complexity index is 500. The minimum Gasteiger partial charge on any atom is -0.497 e. The minimum absolute atomic E-state index is 0.202. The van der Waals surface area contributed by atoms with E-state index in [1.165, 1.54) is 13.2 Å². The van der Waals surface area contributed by atoms with Crippen molar-refractivity contribution < 1.29 is 23.8 Å². The first-order valence-electron chi connectivity index (χ1n) is 6.10. The average Bonchev–Trinajstić information content (AvgIpc) is 2.55. The van der Waals surface area contributed by atoms with Crippen LogP contribution >= 0.6 is 0 Å². The van der Waals surface area contributed by atoms with Crippen LogP contribution in [0, 0.1) is 5.41 Å². The van der Waals surface area contributed by atoms with Crippen LogP contribution in [0.15, 0.2) is 35.6 Å². The van der Waals surface area contributed by atoms with E-state index in [4.69, 9.17) is 14.2 Å². The number of esters is 2. The zero-order valence-electron chi connectivity index (χ0n) is 11.1. The second-order valence-corrected chi connectivity index (χ2v) is 4.30. The molecule has 102 valence electrons. The molecular formula is C14H16O5. The van der Waals surface area contributed by atoms with Gasteiger partial charge in [-0.2, -0.15) is 0 Å². The Morgan fingerprint density at radius 1 is 1.47 bits per heavy atom. The first-order valence-corrected chi connectivity index (χ1v) is 6.10. The number of ether oxygens (including phenoxy) is 3. The highest BCUT2D eigenvalue weighted by Crippen LogP contribution is 2.43. The number of carbonyl (C=O) groups excluding carboxylic acids is 2. The summed E-state index contributed by atoms with van der Waals surface area (Å²) in [6.07, 6.45) is 6.00. The van der Waals surface area contributed by atoms with Gasteiger partial charge < -0.3 is 14.2 Å². The molecule has 1 fully saturated rings. The van der Waals surface area contributed by atoms with Gasteiger partial charge in [-0.1, -0.05) is 6.08 Å². The molecule has 5 heteroatoms. The van der Waals surface area contributed by atoms with E-state index in [0.717, 1.165) is 0 Å². The molecule has 0 unspecified atom stereocenters. The summed E-state index contributed by atoms with van der Waals surface area (Å²) in [5.74, 6) is -0.658. The topological polar surface area (TPSA) is 61.8 Å². The molecule has 2 atom stereocenters. The van der Waals surface area contributed by atoms with Crippen molar-refractivity contribution in [2.75, 3.05) is 13.7 Å². The normalized spacial score (nSPS) is 28.8. The van der Waals surface area contributed by atoms with E-state index >= 15 is 0 Å². The predicted molar refractivity (Wildman–Crippen MR) is 66.9 cm³/mol. The zero-order chi connectivity index (χ0) is 14.0. The molecule has 5 nitrogen and oxygen atoms in total. The van der Waals surface area contributed by atoms with Crippen LogP contribution in [-0.4, -0.2) is 31.8 Å². The summed E-state index contributed by atoms with van der Waals surface area (Å²) < 4.78 is 15.3. The highest BCUT2D eigenvalue weighted by atomic mass is 16.6. The molecule has 0 aromatic heterocycles. The molecule has 0 radical (unpaired) electrons. The van der Waals surface area contributed by atoms with Crippen LogP contribution in [0.5, 0.6) is 0 Å². The Kier molecular flexibility index (Phi) is 3.46. The SMILES string of the molecule is CCOC(=O)[C@]12C=CC(OC)=CC=C1[C@H](C)OC2=O. The predicted octanol–water partition coefficient (Wildman–Crippen LogP) is 1.51. The summed E-state index contributed by atoms with van der Waals surface area (Å²) in [6.45, 7) is 3.62. The molecule has 0 bridgehead atoms. The van der Waals surface area contributed by atoms with Gasteiger partial charge in [-0.15, -0.1) is 0 Å². The van der Waals surface area contributed by atoms with E-state index in [1.54, 1.807) is 32.1 Å². The van der Waals surface area contributed by atoms with Crippen molar-refractivity contribution in [1.29, 1.82) is 0 Å². The van der Waals surface area contributed by atoms with Gasteiger partial charge in [-0.3, -0.25) is 9.59 Å². The lowest BCUT2D eigenvalue weighted by Crippen LogP contribution is -2.37. The quantitative estimate of drug-likeness (QED) is 0.571. The molecule has 2 aliphatic rings. The van der Waals surface area contributed by atoms with E-state index in [0.29, 0.717) is 11.3 Å². The number of fused-ring (bicyclic) bond motifs is 1. The molecule has 1 saturated heterocycles. The van der Waals surface area contributed by atoms with Crippen molar-refractivity contribution in [1.82, 2.24) is 0 Å². The second kappa shape index (κ2) is 4.91. The Morgan fingerprint density at radius 2 is 2.21 bits per heavy atom. The maximum Gasteiger partial charge on any atom is 0.332 e. The lowest BCUT2D eigenvalue weighted by atomic mass is 9.80. The zero-order valence-corrected chi connectivity index (χ0v) is 11.1. The van der Waals surface area contributed by atoms with Crippen molar-refractivity contribution in [3.63, 3.8) is 0 Å². The summed E-state index contributed by atoms with van der Waals surface area (Å²) in [4.78, 5) is 24.4. The van der Waals surface area contributed by atoms with E-state index in [-0.39, 0.29) is 6.61 Å². The number of methoxy groups -OCH3 is 1. The van der Waals surface area contributed by atoms with Crippen LogP contribution in [-0.2, 0) is 23.8 Å². The smallest absolute Gasteiger partial charge is 0.332 e. The molecule has 0 aromatic rings. The Hall–Kier alpha value is -2.04. The van der Waals surface area contributed by atoms with Gasteiger partial charge in [0.1, 0.15) is 11.9 Å². The van der Waals surface area contributed by atoms with Crippen LogP contribution in [0.2, 0.25) is 0 Å². The van der Waals surface area contributed by atoms with E-state index in [2.05, 4.69) is 0 Å². The number of carbonyl (C=O) groups is 2. The van der Waals surface area contributed by atoms with Crippen LogP contribution in [0.1, 0.15) is 13.8 Å². The third kappa shape index (κ3) is 1.95. The van der Waals surface area contributed by atoms with Crippen molar-refractivity contribution >= 4 is 11.9 Å². The molecule has 0 amide bonds. The van der Waals surface area contributed by atoms with Crippen molar-refractivity contribution in [2.24, 2.45) is 5.41 Å². The highest BCUT2D eigenvalue weighted by Gasteiger charge is 2.57. The third-order valence-corrected chi connectivity index (χ3v) is 3.26. The second-order valence-electron chi connectivity index (χ2n) is 4.30. The van der Waals surface area contributed by atoms with Gasteiger partial charge >= 0.3 is 11.9 Å². The van der Waals surface area contributed by atoms with Gasteiger partial charge in [-0.25, -0.2) is 0 Å². The highest BCUT2D eigenvalue weighted by molar-refractivity contribution is 6.08. The molecule has 1 aliphatic carbocycles. The molecule has 2 rings (SSSR count). The Balaban J connectivity index is 2.53. The fourth-order valence-corrected chi connectivity index (χ4v) is 2.27. The molecule has 0 saturated carbocycles. The van der Waals surface area contributed by atoms with Gasteiger partial charge in [-0.05, 0) is 32.1 Å². The Labute approximate surface area is 111 Å². The van der Waals surface area contributed by atoms with E-state index in [1.807, 2.05) is 0 Å². The first-order chi connectivity index (χ1) is 9.06. The van der Waals surface area contributed by atoms with Crippen LogP contribution in [0.4, 0.5) is 0 Å². The molecule has 0 aromatic carbocycles. The molecule has 1 heterocycles. The van der Waals surface area contributed by atoms with Crippen molar-refractivity contribution in [3.05, 3.63) is 35.6 Å². The lowest BCUT2D eigenvalue weighted by molar-refractivity contribution is -0.160. The summed E-state index contributed by atoms with van der Waals surface area (Å²) in [6, 6.07) is 0. The molecular weight excluding hydrogens is 248 g/mol. The standard InChI is InChI=1S/C14H16O5/c1-4-18-12(15)14-8-7-10(17-3)5-6-11(14)9(2)19-13(14)16/h5-9H,4H2,1-3H3/t9-,14-/m0/s1. The van der Waals surface area contributed by atoms with Gasteiger partial charge in [0.05, 0.1) is 13.7 Å². The fourth-order valence-electron chi connectivity index (χ4n) is 2.27. The fraction of sp³-hybridized carbons (Fsp3) is 0.429. The minimum atomic E-state index is -1.48. The number of cyclic esters (lactones) is 1. The van der Waals surface area contributed by atoms with E-state index < -0.39 is 23.5 Å². The van der Waals surface area contributed by atoms with Crippen LogP contribution < -0.4 is 0 Å². The van der Waals surface area contributed by atoms with E-state index in [9.17, 15) is 9.59 Å². The maximum atomic E-state index is 12.2. The van der Waals surface area contributed by atoms with Gasteiger partial charge in [0, 0.05) is 5.57 Å². The van der Waals surface area contributed by atoms with Crippen LogP contribution in [0.25, 0.3) is 0 Å². The molecule has 0 N–H and O–H groups in total. The summed E-state index contributed by atoms with van der Waals surface area (Å²) in [7, 11) is 1.52. The summed E-state index contributed by atoms with van der Waals surface area (Å²) in [5.41, 5.74) is -0.911. The third-order valence-electron chi connectivity index (χ3n) is 3.26. The van der Waals surface area contributed by atoms with Crippen molar-refractivity contribution in [2.45, 2.75) is 20.0 Å². The summed E-state index contributed by atoms with van der Waals surface area (Å²) in [5, 5.41) is 0. The molecule has 19 heavy (non-hydrogen) atoms. The largest absolute Gasteiger partial charge is 0.497 e. The van der Waals surface area contributed by atoms with Gasteiger partial charge in [0.2, 0.25) is 5.41 Å². The van der Waals surface area contributed by atoms with Gasteiger partial charge in [0.25, 0.3) is 0 Å². The Morgan fingerprint density at radius 3 is 2.84 bits per heavy atom. The first kappa shape index (κ1) is 13.4. The number of hydrogen-bond donors (Lipinski definition) is 0.